The van der Waals surface area contributed by atoms with Crippen molar-refractivity contribution in [2.45, 2.75) is 38.5 Å². The lowest BCUT2D eigenvalue weighted by atomic mass is 9.77. The summed E-state index contributed by atoms with van der Waals surface area (Å²) in [6, 6.07) is 9.95. The molecule has 1 atom stereocenters. The average Bonchev–Trinajstić information content (AvgIpc) is 3.22. The summed E-state index contributed by atoms with van der Waals surface area (Å²) < 4.78 is 53.9. The predicted molar refractivity (Wildman–Crippen MR) is 132 cm³/mol. The van der Waals surface area contributed by atoms with Gasteiger partial charge >= 0.3 is 0 Å². The van der Waals surface area contributed by atoms with Gasteiger partial charge in [-0.05, 0) is 56.5 Å². The molecular weight excluding hydrogens is 497 g/mol. The van der Waals surface area contributed by atoms with Crippen molar-refractivity contribution in [2.24, 2.45) is 0 Å². The maximum Gasteiger partial charge on any atom is 0.264 e. The van der Waals surface area contributed by atoms with Crippen LogP contribution in [-0.2, 0) is 30.9 Å². The van der Waals surface area contributed by atoms with Crippen LogP contribution in [-0.4, -0.2) is 58.4 Å². The first-order valence-electron chi connectivity index (χ1n) is 11.5. The van der Waals surface area contributed by atoms with Crippen LogP contribution in [0.4, 0.5) is 4.39 Å². The summed E-state index contributed by atoms with van der Waals surface area (Å²) in [5.41, 5.74) is 0.480. The van der Waals surface area contributed by atoms with Crippen LogP contribution in [0.2, 0.25) is 5.02 Å². The van der Waals surface area contributed by atoms with Crippen molar-refractivity contribution in [2.75, 3.05) is 39.2 Å². The number of carbonyl (C=O) groups excluding carboxylic acids is 1. The molecule has 35 heavy (non-hydrogen) atoms. The highest BCUT2D eigenvalue weighted by Crippen LogP contribution is 2.42. The van der Waals surface area contributed by atoms with Crippen LogP contribution >= 0.6 is 11.6 Å². The second kappa shape index (κ2) is 11.6. The maximum atomic E-state index is 14.3. The minimum atomic E-state index is -3.62. The number of rotatable bonds is 11. The zero-order valence-corrected chi connectivity index (χ0v) is 21.8. The van der Waals surface area contributed by atoms with Gasteiger partial charge < -0.3 is 14.4 Å². The van der Waals surface area contributed by atoms with Gasteiger partial charge in [0, 0.05) is 29.1 Å². The Balaban J connectivity index is 1.89. The molecule has 1 aliphatic rings. The number of amides is 1. The number of halogens is 2. The molecule has 1 unspecified atom stereocenters. The van der Waals surface area contributed by atoms with E-state index in [1.807, 2.05) is 32.0 Å². The van der Waals surface area contributed by atoms with E-state index in [1.165, 1.54) is 12.1 Å². The minimum Gasteiger partial charge on any atom is -0.490 e. The zero-order chi connectivity index (χ0) is 25.6. The van der Waals surface area contributed by atoms with Crippen molar-refractivity contribution in [3.63, 3.8) is 0 Å². The van der Waals surface area contributed by atoms with Crippen LogP contribution in [0.3, 0.4) is 0 Å². The molecule has 1 saturated heterocycles. The molecule has 0 spiro atoms. The molecule has 2 aromatic rings. The Hall–Kier alpha value is -2.36. The number of nitrogens with zero attached hydrogens (tertiary/aromatic N) is 1. The second-order valence-electron chi connectivity index (χ2n) is 8.53. The summed E-state index contributed by atoms with van der Waals surface area (Å²) in [4.78, 5) is 14.8. The Kier molecular flexibility index (Phi) is 9.01. The Bertz CT molecular complexity index is 1140. The number of ether oxygens (including phenoxy) is 2. The highest BCUT2D eigenvalue weighted by Gasteiger charge is 2.42. The lowest BCUT2D eigenvalue weighted by Gasteiger charge is -2.30. The molecule has 0 N–H and O–H groups in total. The third-order valence-corrected chi connectivity index (χ3v) is 7.08. The normalized spacial score (nSPS) is 18.0. The number of hydrogen-bond acceptors (Lipinski definition) is 6. The highest BCUT2D eigenvalue weighted by molar-refractivity contribution is 7.85. The third-order valence-electron chi connectivity index (χ3n) is 6.13. The molecule has 0 radical (unpaired) electrons. The van der Waals surface area contributed by atoms with Crippen LogP contribution in [0.1, 0.15) is 37.8 Å². The second-order valence-corrected chi connectivity index (χ2v) is 10.6. The van der Waals surface area contributed by atoms with Crippen molar-refractivity contribution in [1.82, 2.24) is 4.90 Å². The summed E-state index contributed by atoms with van der Waals surface area (Å²) in [5, 5.41) is 0.207. The van der Waals surface area contributed by atoms with Gasteiger partial charge in [-0.15, -0.1) is 0 Å². The van der Waals surface area contributed by atoms with Gasteiger partial charge in [0.05, 0.1) is 32.5 Å². The Morgan fingerprint density at radius 3 is 2.51 bits per heavy atom. The third kappa shape index (κ3) is 6.86. The summed E-state index contributed by atoms with van der Waals surface area (Å²) in [6.07, 6.45) is 1.79. The van der Waals surface area contributed by atoms with E-state index < -0.39 is 21.4 Å². The molecule has 0 saturated carbocycles. The van der Waals surface area contributed by atoms with Gasteiger partial charge in [0.2, 0.25) is 5.91 Å². The first-order valence-corrected chi connectivity index (χ1v) is 13.7. The molecule has 192 valence electrons. The van der Waals surface area contributed by atoms with Crippen molar-refractivity contribution >= 4 is 27.6 Å². The van der Waals surface area contributed by atoms with E-state index in [1.54, 1.807) is 11.0 Å². The monoisotopic (exact) mass is 527 g/mol. The molecule has 1 fully saturated rings. The van der Waals surface area contributed by atoms with Gasteiger partial charge in [0.25, 0.3) is 10.1 Å². The molecule has 7 nitrogen and oxygen atoms in total. The standard InChI is InChI=1S/C25H31ClFNO6S/c1-4-32-22-10-9-18(15-23(22)33-5-2)25(12-14-34-35(3,30)31)11-13-28(17-25)24(29)16-19-20(26)7-6-8-21(19)27/h6-10,15H,4-5,11-14,16-17H2,1-3H3. The van der Waals surface area contributed by atoms with Crippen LogP contribution < -0.4 is 9.47 Å². The maximum absolute atomic E-state index is 14.3. The van der Waals surface area contributed by atoms with Crippen LogP contribution in [0.5, 0.6) is 11.5 Å². The smallest absolute Gasteiger partial charge is 0.264 e. The SMILES string of the molecule is CCOc1ccc(C2(CCOS(C)(=O)=O)CCN(C(=O)Cc3c(F)cccc3Cl)C2)cc1OCC. The largest absolute Gasteiger partial charge is 0.490 e. The van der Waals surface area contributed by atoms with Crippen molar-refractivity contribution in [1.29, 1.82) is 0 Å². The number of carbonyl (C=O) groups is 1. The Morgan fingerprint density at radius 2 is 1.86 bits per heavy atom. The van der Waals surface area contributed by atoms with Crippen LogP contribution in [0, 0.1) is 5.82 Å². The van der Waals surface area contributed by atoms with E-state index in [-0.39, 0.29) is 29.5 Å². The molecule has 3 rings (SSSR count). The van der Waals surface area contributed by atoms with Gasteiger partial charge in [-0.25, -0.2) is 4.39 Å². The van der Waals surface area contributed by atoms with E-state index in [4.69, 9.17) is 25.3 Å². The topological polar surface area (TPSA) is 82.1 Å². The molecule has 1 amide bonds. The van der Waals surface area contributed by atoms with E-state index >= 15 is 0 Å². The molecule has 0 bridgehead atoms. The van der Waals surface area contributed by atoms with E-state index in [0.717, 1.165) is 11.8 Å². The lowest BCUT2D eigenvalue weighted by Crippen LogP contribution is -2.36. The van der Waals surface area contributed by atoms with Crippen molar-refractivity contribution < 1.29 is 31.3 Å². The van der Waals surface area contributed by atoms with E-state index in [2.05, 4.69) is 0 Å². The average molecular weight is 528 g/mol. The van der Waals surface area contributed by atoms with Crippen molar-refractivity contribution in [3.05, 3.63) is 58.4 Å². The summed E-state index contributed by atoms with van der Waals surface area (Å²) in [5.74, 6) is 0.420. The molecule has 2 aromatic carbocycles. The Morgan fingerprint density at radius 1 is 1.14 bits per heavy atom. The predicted octanol–water partition coefficient (Wildman–Crippen LogP) is 4.36. The highest BCUT2D eigenvalue weighted by atomic mass is 35.5. The summed E-state index contributed by atoms with van der Waals surface area (Å²) in [6.45, 7) is 5.41. The van der Waals surface area contributed by atoms with Crippen LogP contribution in [0.25, 0.3) is 0 Å². The fourth-order valence-electron chi connectivity index (χ4n) is 4.40. The quantitative estimate of drug-likeness (QED) is 0.404. The van der Waals surface area contributed by atoms with Crippen LogP contribution in [0.15, 0.2) is 36.4 Å². The fraction of sp³-hybridized carbons (Fsp3) is 0.480. The summed E-state index contributed by atoms with van der Waals surface area (Å²) in [7, 11) is -3.62. The van der Waals surface area contributed by atoms with Gasteiger partial charge in [0.1, 0.15) is 5.82 Å². The molecular formula is C25H31ClFNO6S. The van der Waals surface area contributed by atoms with Gasteiger partial charge in [-0.3, -0.25) is 8.98 Å². The van der Waals surface area contributed by atoms with Gasteiger partial charge in [-0.1, -0.05) is 23.7 Å². The first kappa shape index (κ1) is 27.2. The van der Waals surface area contributed by atoms with Gasteiger partial charge in [0.15, 0.2) is 11.5 Å². The summed E-state index contributed by atoms with van der Waals surface area (Å²) >= 11 is 6.12. The molecule has 1 aliphatic heterocycles. The van der Waals surface area contributed by atoms with Crippen molar-refractivity contribution in [3.8, 4) is 11.5 Å². The lowest BCUT2D eigenvalue weighted by molar-refractivity contribution is -0.129. The fourth-order valence-corrected chi connectivity index (χ4v) is 5.02. The molecule has 0 aliphatic carbocycles. The van der Waals surface area contributed by atoms with E-state index in [9.17, 15) is 17.6 Å². The number of hydrogen-bond donors (Lipinski definition) is 0. The molecule has 1 heterocycles. The molecule has 10 heteroatoms. The van der Waals surface area contributed by atoms with Gasteiger partial charge in [-0.2, -0.15) is 8.42 Å². The first-order chi connectivity index (χ1) is 16.6. The number of benzene rings is 2. The molecule has 0 aromatic heterocycles. The Labute approximate surface area is 211 Å². The minimum absolute atomic E-state index is 0.0306. The zero-order valence-electron chi connectivity index (χ0n) is 20.2. The van der Waals surface area contributed by atoms with E-state index in [0.29, 0.717) is 50.6 Å². The number of likely N-dealkylation sites (tertiary alicyclic amines) is 1.